The quantitative estimate of drug-likeness (QED) is 0.918. The van der Waals surface area contributed by atoms with E-state index < -0.39 is 10.0 Å². The Morgan fingerprint density at radius 3 is 2.90 bits per heavy atom. The van der Waals surface area contributed by atoms with Gasteiger partial charge >= 0.3 is 0 Å². The zero-order chi connectivity index (χ0) is 14.6. The molecular weight excluding hydrogens is 274 g/mol. The van der Waals surface area contributed by atoms with E-state index in [1.807, 2.05) is 0 Å². The fourth-order valence-electron chi connectivity index (χ4n) is 2.74. The molecule has 1 aromatic heterocycles. The summed E-state index contributed by atoms with van der Waals surface area (Å²) in [5, 5.41) is 0. The van der Waals surface area contributed by atoms with Crippen molar-refractivity contribution in [3.8, 4) is 0 Å². The third kappa shape index (κ3) is 3.19. The first-order chi connectivity index (χ1) is 9.59. The van der Waals surface area contributed by atoms with Gasteiger partial charge in [-0.25, -0.2) is 8.42 Å². The molecule has 1 unspecified atom stereocenters. The molecule has 0 spiro atoms. The van der Waals surface area contributed by atoms with Crippen LogP contribution in [0.5, 0.6) is 0 Å². The monoisotopic (exact) mass is 297 g/mol. The molecule has 2 rings (SSSR count). The highest BCUT2D eigenvalue weighted by molar-refractivity contribution is 7.89. The molecule has 0 radical (unpaired) electrons. The second kappa shape index (κ2) is 6.65. The Hall–Kier alpha value is -0.980. The van der Waals surface area contributed by atoms with Gasteiger partial charge in [-0.2, -0.15) is 4.31 Å². The van der Waals surface area contributed by atoms with Crippen molar-refractivity contribution in [2.75, 3.05) is 13.1 Å². The first-order valence-electron chi connectivity index (χ1n) is 7.23. The van der Waals surface area contributed by atoms with Gasteiger partial charge in [-0.1, -0.05) is 13.3 Å². The Balaban J connectivity index is 2.26. The Kier molecular flexibility index (Phi) is 5.12. The van der Waals surface area contributed by atoms with Gasteiger partial charge in [0.25, 0.3) is 0 Å². The molecule has 2 heterocycles. The van der Waals surface area contributed by atoms with E-state index in [2.05, 4.69) is 11.9 Å². The third-order valence-electron chi connectivity index (χ3n) is 4.04. The lowest BCUT2D eigenvalue weighted by molar-refractivity contribution is 0.407. The highest BCUT2D eigenvalue weighted by Gasteiger charge is 2.29. The molecule has 6 heteroatoms. The second-order valence-corrected chi connectivity index (χ2v) is 7.17. The van der Waals surface area contributed by atoms with Gasteiger partial charge in [0.2, 0.25) is 10.0 Å². The first kappa shape index (κ1) is 15.4. The van der Waals surface area contributed by atoms with Crippen molar-refractivity contribution >= 4 is 10.0 Å². The van der Waals surface area contributed by atoms with E-state index in [0.29, 0.717) is 24.7 Å². The number of rotatable bonds is 4. The van der Waals surface area contributed by atoms with E-state index >= 15 is 0 Å². The van der Waals surface area contributed by atoms with Crippen molar-refractivity contribution in [2.24, 2.45) is 11.7 Å². The van der Waals surface area contributed by atoms with Gasteiger partial charge < -0.3 is 5.73 Å². The second-order valence-electron chi connectivity index (χ2n) is 5.26. The molecule has 5 nitrogen and oxygen atoms in total. The molecule has 20 heavy (non-hydrogen) atoms. The van der Waals surface area contributed by atoms with Crippen molar-refractivity contribution in [3.05, 3.63) is 24.0 Å². The molecule has 1 atom stereocenters. The van der Waals surface area contributed by atoms with E-state index in [1.54, 1.807) is 22.6 Å². The molecule has 112 valence electrons. The van der Waals surface area contributed by atoms with Crippen LogP contribution in [0, 0.1) is 5.92 Å². The lowest BCUT2D eigenvalue weighted by Gasteiger charge is -2.21. The fourth-order valence-corrected chi connectivity index (χ4v) is 4.42. The number of sulfonamides is 1. The van der Waals surface area contributed by atoms with Gasteiger partial charge in [0, 0.05) is 25.8 Å². The summed E-state index contributed by atoms with van der Waals surface area (Å²) in [7, 11) is -3.47. The molecule has 0 saturated carbocycles. The summed E-state index contributed by atoms with van der Waals surface area (Å²) in [5.41, 5.74) is 6.05. The summed E-state index contributed by atoms with van der Waals surface area (Å²) in [6, 6.07) is 3.26. The summed E-state index contributed by atoms with van der Waals surface area (Å²) in [6.07, 6.45) is 5.68. The summed E-state index contributed by atoms with van der Waals surface area (Å²) < 4.78 is 27.1. The zero-order valence-electron chi connectivity index (χ0n) is 12.0. The van der Waals surface area contributed by atoms with Crippen LogP contribution in [0.3, 0.4) is 0 Å². The van der Waals surface area contributed by atoms with Crippen molar-refractivity contribution in [1.29, 1.82) is 0 Å². The highest BCUT2D eigenvalue weighted by Crippen LogP contribution is 2.25. The SMILES string of the molecule is CCC1CCCN(S(=O)(=O)c2cccnc2CN)CC1. The molecule has 0 aromatic carbocycles. The third-order valence-corrected chi connectivity index (χ3v) is 6.02. The van der Waals surface area contributed by atoms with Crippen LogP contribution < -0.4 is 5.73 Å². The Bertz CT molecular complexity index is 545. The van der Waals surface area contributed by atoms with Crippen LogP contribution in [0.1, 0.15) is 38.3 Å². The van der Waals surface area contributed by atoms with Crippen molar-refractivity contribution < 1.29 is 8.42 Å². The Morgan fingerprint density at radius 1 is 1.40 bits per heavy atom. The molecule has 1 aliphatic heterocycles. The predicted molar refractivity (Wildman–Crippen MR) is 78.5 cm³/mol. The van der Waals surface area contributed by atoms with Gasteiger partial charge in [0.1, 0.15) is 4.90 Å². The summed E-state index contributed by atoms with van der Waals surface area (Å²) in [5.74, 6) is 0.637. The van der Waals surface area contributed by atoms with Crippen LogP contribution >= 0.6 is 0 Å². The van der Waals surface area contributed by atoms with E-state index in [1.165, 1.54) is 0 Å². The largest absolute Gasteiger partial charge is 0.325 e. The molecule has 1 aliphatic rings. The van der Waals surface area contributed by atoms with Crippen LogP contribution in [0.2, 0.25) is 0 Å². The predicted octanol–water partition coefficient (Wildman–Crippen LogP) is 1.74. The maximum absolute atomic E-state index is 12.7. The number of pyridine rings is 1. The number of aromatic nitrogens is 1. The van der Waals surface area contributed by atoms with E-state index in [-0.39, 0.29) is 11.4 Å². The maximum Gasteiger partial charge on any atom is 0.244 e. The van der Waals surface area contributed by atoms with Crippen LogP contribution in [-0.4, -0.2) is 30.8 Å². The van der Waals surface area contributed by atoms with Crippen LogP contribution in [0.25, 0.3) is 0 Å². The normalized spacial score (nSPS) is 21.6. The zero-order valence-corrected chi connectivity index (χ0v) is 12.8. The molecule has 0 bridgehead atoms. The van der Waals surface area contributed by atoms with Crippen molar-refractivity contribution in [3.63, 3.8) is 0 Å². The van der Waals surface area contributed by atoms with E-state index in [9.17, 15) is 8.42 Å². The number of nitrogens with zero attached hydrogens (tertiary/aromatic N) is 2. The number of hydrogen-bond donors (Lipinski definition) is 1. The average Bonchev–Trinajstić information content (AvgIpc) is 2.73. The van der Waals surface area contributed by atoms with Crippen molar-refractivity contribution in [2.45, 2.75) is 44.0 Å². The highest BCUT2D eigenvalue weighted by atomic mass is 32.2. The molecule has 0 aliphatic carbocycles. The fraction of sp³-hybridized carbons (Fsp3) is 0.643. The standard InChI is InChI=1S/C14H23N3O2S/c1-2-12-5-4-9-17(10-7-12)20(18,19)14-6-3-8-16-13(14)11-15/h3,6,8,12H,2,4-5,7,9-11,15H2,1H3. The lowest BCUT2D eigenvalue weighted by atomic mass is 9.98. The Morgan fingerprint density at radius 2 is 2.20 bits per heavy atom. The van der Waals surface area contributed by atoms with E-state index in [0.717, 1.165) is 25.7 Å². The number of nitrogens with two attached hydrogens (primary N) is 1. The minimum atomic E-state index is -3.47. The molecule has 1 aromatic rings. The summed E-state index contributed by atoms with van der Waals surface area (Å²) in [4.78, 5) is 4.34. The van der Waals surface area contributed by atoms with Gasteiger partial charge in [-0.15, -0.1) is 0 Å². The smallest absolute Gasteiger partial charge is 0.244 e. The molecule has 1 fully saturated rings. The summed E-state index contributed by atoms with van der Waals surface area (Å²) in [6.45, 7) is 3.50. The van der Waals surface area contributed by atoms with Gasteiger partial charge in [-0.05, 0) is 37.3 Å². The van der Waals surface area contributed by atoms with Crippen LogP contribution in [0.4, 0.5) is 0 Å². The lowest BCUT2D eigenvalue weighted by Crippen LogP contribution is -2.33. The minimum Gasteiger partial charge on any atom is -0.325 e. The van der Waals surface area contributed by atoms with E-state index in [4.69, 9.17) is 5.73 Å². The van der Waals surface area contributed by atoms with Gasteiger partial charge in [0.15, 0.2) is 0 Å². The van der Waals surface area contributed by atoms with Gasteiger partial charge in [-0.3, -0.25) is 4.98 Å². The Labute approximate surface area is 121 Å². The van der Waals surface area contributed by atoms with Crippen molar-refractivity contribution in [1.82, 2.24) is 9.29 Å². The molecular formula is C14H23N3O2S. The van der Waals surface area contributed by atoms with Crippen LogP contribution in [0.15, 0.2) is 23.2 Å². The molecule has 1 saturated heterocycles. The summed E-state index contributed by atoms with van der Waals surface area (Å²) >= 11 is 0. The molecule has 2 N–H and O–H groups in total. The topological polar surface area (TPSA) is 76.3 Å². The average molecular weight is 297 g/mol. The minimum absolute atomic E-state index is 0.140. The number of hydrogen-bond acceptors (Lipinski definition) is 4. The maximum atomic E-state index is 12.7. The van der Waals surface area contributed by atoms with Crippen LogP contribution in [-0.2, 0) is 16.6 Å². The first-order valence-corrected chi connectivity index (χ1v) is 8.67. The van der Waals surface area contributed by atoms with Gasteiger partial charge in [0.05, 0.1) is 5.69 Å². The molecule has 0 amide bonds.